The smallest absolute Gasteiger partial charge is 0.161 e. The second kappa shape index (κ2) is 5.91. The predicted octanol–water partition coefficient (Wildman–Crippen LogP) is 5.79. The van der Waals surface area contributed by atoms with Gasteiger partial charge in [0.15, 0.2) is 5.78 Å². The molecule has 0 radical (unpaired) electrons. The minimum absolute atomic E-state index is 0.129. The summed E-state index contributed by atoms with van der Waals surface area (Å²) in [6, 6.07) is 0. The fraction of sp³-hybridized carbons (Fsp3) is 0.737. The van der Waals surface area contributed by atoms with Gasteiger partial charge in [0.2, 0.25) is 0 Å². The van der Waals surface area contributed by atoms with Gasteiger partial charge < -0.3 is 0 Å². The number of hydrogen-bond acceptors (Lipinski definition) is 1. The molecule has 0 aromatic rings. The van der Waals surface area contributed by atoms with Crippen LogP contribution in [0.1, 0.15) is 71.1 Å². The highest BCUT2D eigenvalue weighted by atomic mass is 35.5. The zero-order chi connectivity index (χ0) is 14.9. The molecular formula is C19H27ClO. The first-order chi connectivity index (χ1) is 10.1. The van der Waals surface area contributed by atoms with Crippen LogP contribution in [-0.2, 0) is 4.79 Å². The maximum atomic E-state index is 12.7. The van der Waals surface area contributed by atoms with Gasteiger partial charge in [-0.15, -0.1) is 0 Å². The quantitative estimate of drug-likeness (QED) is 0.588. The van der Waals surface area contributed by atoms with Crippen molar-refractivity contribution in [1.29, 1.82) is 0 Å². The van der Waals surface area contributed by atoms with E-state index >= 15 is 0 Å². The third-order valence-corrected chi connectivity index (χ3v) is 6.53. The van der Waals surface area contributed by atoms with Crippen LogP contribution in [-0.4, -0.2) is 5.78 Å². The van der Waals surface area contributed by atoms with E-state index in [0.29, 0.717) is 11.2 Å². The molecule has 21 heavy (non-hydrogen) atoms. The lowest BCUT2D eigenvalue weighted by atomic mass is 9.63. The standard InChI is InChI=1S/C19H27ClO/c1-15(20)7-13-19(11-4-12-19)17(21)8-14-18-9-2-5-16(18)6-3-10-18/h7-8,14,16H,2-6,9-13H2,1H3. The largest absolute Gasteiger partial charge is 0.294 e. The van der Waals surface area contributed by atoms with Gasteiger partial charge in [0, 0.05) is 10.4 Å². The average Bonchev–Trinajstić information content (AvgIpc) is 2.94. The minimum atomic E-state index is -0.129. The third-order valence-electron chi connectivity index (χ3n) is 6.38. The number of carbonyl (C=O) groups excluding carboxylic acids is 1. The van der Waals surface area contributed by atoms with Crippen molar-refractivity contribution in [2.75, 3.05) is 0 Å². The zero-order valence-electron chi connectivity index (χ0n) is 13.2. The number of allylic oxidation sites excluding steroid dienone is 4. The molecule has 0 aliphatic heterocycles. The highest BCUT2D eigenvalue weighted by Crippen LogP contribution is 2.55. The van der Waals surface area contributed by atoms with Gasteiger partial charge in [-0.2, -0.15) is 0 Å². The molecule has 3 rings (SSSR count). The van der Waals surface area contributed by atoms with Gasteiger partial charge in [-0.25, -0.2) is 0 Å². The number of hydrogen-bond donors (Lipinski definition) is 0. The molecule has 0 amide bonds. The average molecular weight is 307 g/mol. The molecule has 0 aromatic carbocycles. The molecule has 3 saturated carbocycles. The molecule has 3 fully saturated rings. The fourth-order valence-electron chi connectivity index (χ4n) is 4.82. The molecule has 0 atom stereocenters. The Morgan fingerprint density at radius 1 is 1.14 bits per heavy atom. The lowest BCUT2D eigenvalue weighted by molar-refractivity contribution is -0.128. The molecule has 0 heterocycles. The van der Waals surface area contributed by atoms with E-state index in [1.165, 1.54) is 44.9 Å². The molecule has 0 unspecified atom stereocenters. The predicted molar refractivity (Wildman–Crippen MR) is 88.3 cm³/mol. The molecule has 3 aliphatic carbocycles. The first kappa shape index (κ1) is 15.3. The number of ketones is 1. The normalized spacial score (nSPS) is 35.0. The van der Waals surface area contributed by atoms with Crippen LogP contribution in [0.5, 0.6) is 0 Å². The highest BCUT2D eigenvalue weighted by molar-refractivity contribution is 6.29. The molecule has 0 saturated heterocycles. The summed E-state index contributed by atoms with van der Waals surface area (Å²) >= 11 is 5.95. The third kappa shape index (κ3) is 2.86. The van der Waals surface area contributed by atoms with Crippen LogP contribution >= 0.6 is 11.6 Å². The molecule has 3 aliphatic rings. The number of fused-ring (bicyclic) bond motifs is 1. The molecule has 2 heteroatoms. The highest BCUT2D eigenvalue weighted by Gasteiger charge is 2.45. The van der Waals surface area contributed by atoms with E-state index in [2.05, 4.69) is 6.08 Å². The maximum absolute atomic E-state index is 12.7. The second-order valence-electron chi connectivity index (χ2n) is 7.54. The maximum Gasteiger partial charge on any atom is 0.161 e. The molecule has 0 aromatic heterocycles. The van der Waals surface area contributed by atoms with E-state index in [0.717, 1.165) is 30.2 Å². The molecule has 0 bridgehead atoms. The van der Waals surface area contributed by atoms with Crippen LogP contribution in [0.15, 0.2) is 23.3 Å². The van der Waals surface area contributed by atoms with Crippen molar-refractivity contribution in [2.45, 2.75) is 71.1 Å². The monoisotopic (exact) mass is 306 g/mol. The van der Waals surface area contributed by atoms with Gasteiger partial charge in [-0.3, -0.25) is 4.79 Å². The number of rotatable bonds is 5. The van der Waals surface area contributed by atoms with E-state index in [4.69, 9.17) is 11.6 Å². The fourth-order valence-corrected chi connectivity index (χ4v) is 4.90. The van der Waals surface area contributed by atoms with E-state index in [1.54, 1.807) is 0 Å². The Labute approximate surface area is 133 Å². The molecule has 0 spiro atoms. The van der Waals surface area contributed by atoms with Crippen molar-refractivity contribution in [3.05, 3.63) is 23.3 Å². The van der Waals surface area contributed by atoms with Gasteiger partial charge in [-0.05, 0) is 69.3 Å². The molecule has 1 nitrogen and oxygen atoms in total. The molecule has 116 valence electrons. The van der Waals surface area contributed by atoms with E-state index in [1.807, 2.05) is 19.1 Å². The van der Waals surface area contributed by atoms with Gasteiger partial charge in [0.05, 0.1) is 0 Å². The lowest BCUT2D eigenvalue weighted by Crippen LogP contribution is -2.36. The van der Waals surface area contributed by atoms with Crippen LogP contribution < -0.4 is 0 Å². The Kier molecular flexibility index (Phi) is 4.32. The number of carbonyl (C=O) groups is 1. The van der Waals surface area contributed by atoms with Crippen molar-refractivity contribution in [3.63, 3.8) is 0 Å². The Morgan fingerprint density at radius 3 is 2.33 bits per heavy atom. The van der Waals surface area contributed by atoms with Crippen LogP contribution in [0.4, 0.5) is 0 Å². The van der Waals surface area contributed by atoms with Gasteiger partial charge in [0.25, 0.3) is 0 Å². The van der Waals surface area contributed by atoms with Crippen LogP contribution in [0.25, 0.3) is 0 Å². The van der Waals surface area contributed by atoms with Crippen LogP contribution in [0.3, 0.4) is 0 Å². The van der Waals surface area contributed by atoms with Gasteiger partial charge in [-0.1, -0.05) is 43.0 Å². The summed E-state index contributed by atoms with van der Waals surface area (Å²) in [5.41, 5.74) is 0.245. The van der Waals surface area contributed by atoms with Crippen molar-refractivity contribution in [1.82, 2.24) is 0 Å². The Balaban J connectivity index is 1.70. The van der Waals surface area contributed by atoms with Gasteiger partial charge in [0.1, 0.15) is 0 Å². The van der Waals surface area contributed by atoms with Crippen molar-refractivity contribution in [2.24, 2.45) is 16.7 Å². The molecule has 0 N–H and O–H groups in total. The number of halogens is 1. The Bertz CT molecular complexity index is 456. The van der Waals surface area contributed by atoms with E-state index in [-0.39, 0.29) is 5.41 Å². The summed E-state index contributed by atoms with van der Waals surface area (Å²) in [4.78, 5) is 12.7. The van der Waals surface area contributed by atoms with Crippen molar-refractivity contribution >= 4 is 17.4 Å². The zero-order valence-corrected chi connectivity index (χ0v) is 13.9. The summed E-state index contributed by atoms with van der Waals surface area (Å²) in [5.74, 6) is 1.21. The Morgan fingerprint density at radius 2 is 1.81 bits per heavy atom. The summed E-state index contributed by atoms with van der Waals surface area (Å²) in [6.07, 6.45) is 18.4. The summed E-state index contributed by atoms with van der Waals surface area (Å²) in [7, 11) is 0. The van der Waals surface area contributed by atoms with Crippen molar-refractivity contribution < 1.29 is 4.79 Å². The van der Waals surface area contributed by atoms with E-state index < -0.39 is 0 Å². The van der Waals surface area contributed by atoms with Gasteiger partial charge >= 0.3 is 0 Å². The lowest BCUT2D eigenvalue weighted by Gasteiger charge is -2.39. The SMILES string of the molecule is CC(Cl)=CCC1(C(=O)C=CC23CCCC2CCC3)CCC1. The summed E-state index contributed by atoms with van der Waals surface area (Å²) in [5, 5.41) is 0.809. The minimum Gasteiger partial charge on any atom is -0.294 e. The summed E-state index contributed by atoms with van der Waals surface area (Å²) < 4.78 is 0. The first-order valence-electron chi connectivity index (χ1n) is 8.62. The second-order valence-corrected chi connectivity index (χ2v) is 8.14. The van der Waals surface area contributed by atoms with E-state index in [9.17, 15) is 4.79 Å². The first-order valence-corrected chi connectivity index (χ1v) is 9.00. The topological polar surface area (TPSA) is 17.1 Å². The van der Waals surface area contributed by atoms with Crippen LogP contribution in [0, 0.1) is 16.7 Å². The van der Waals surface area contributed by atoms with Crippen LogP contribution in [0.2, 0.25) is 0 Å². The van der Waals surface area contributed by atoms with Crippen molar-refractivity contribution in [3.8, 4) is 0 Å². The Hall–Kier alpha value is -0.560. The molecular weight excluding hydrogens is 280 g/mol. The summed E-state index contributed by atoms with van der Waals surface area (Å²) in [6.45, 7) is 1.90.